The molecule has 1 unspecified atom stereocenters. The van der Waals surface area contributed by atoms with Crippen LogP contribution >= 0.6 is 11.6 Å². The van der Waals surface area contributed by atoms with Crippen LogP contribution in [-0.4, -0.2) is 40.7 Å². The molecule has 0 aliphatic carbocycles. The van der Waals surface area contributed by atoms with Gasteiger partial charge < -0.3 is 9.66 Å². The Kier molecular flexibility index (Phi) is 7.52. The van der Waals surface area contributed by atoms with Crippen LogP contribution < -0.4 is 34.6 Å². The zero-order chi connectivity index (χ0) is 22.2. The number of hydrogen-bond acceptors (Lipinski definition) is 10. The molecule has 15 heteroatoms. The zero-order valence-corrected chi connectivity index (χ0v) is 19.5. The van der Waals surface area contributed by atoms with Gasteiger partial charge in [0.1, 0.15) is 20.7 Å². The van der Waals surface area contributed by atoms with Crippen LogP contribution in [0, 0.1) is 10.1 Å². The van der Waals surface area contributed by atoms with Crippen LogP contribution in [0.2, 0.25) is 5.02 Å². The molecule has 156 valence electrons. The van der Waals surface area contributed by atoms with Crippen molar-refractivity contribution in [1.82, 2.24) is 0 Å². The molecule has 0 saturated heterocycles. The van der Waals surface area contributed by atoms with Crippen molar-refractivity contribution in [2.75, 3.05) is 5.01 Å². The van der Waals surface area contributed by atoms with Crippen molar-refractivity contribution in [2.24, 2.45) is 15.3 Å². The van der Waals surface area contributed by atoms with Gasteiger partial charge in [-0.15, -0.1) is 0 Å². The van der Waals surface area contributed by atoms with Crippen molar-refractivity contribution in [2.45, 2.75) is 17.9 Å². The van der Waals surface area contributed by atoms with Gasteiger partial charge >= 0.3 is 29.6 Å². The normalized spacial score (nSPS) is 16.4. The first-order chi connectivity index (χ1) is 14.0. The molecule has 0 aromatic heterocycles. The maximum atomic E-state index is 12.6. The van der Waals surface area contributed by atoms with Crippen LogP contribution in [0.4, 0.5) is 17.1 Å². The van der Waals surface area contributed by atoms with Gasteiger partial charge in [0.05, 0.1) is 16.3 Å². The molecule has 0 spiro atoms. The van der Waals surface area contributed by atoms with Gasteiger partial charge in [0.25, 0.3) is 11.6 Å². The quantitative estimate of drug-likeness (QED) is 0.203. The first-order valence-corrected chi connectivity index (χ1v) is 9.80. The Morgan fingerprint density at radius 3 is 2.55 bits per heavy atom. The number of nitro groups is 1. The van der Waals surface area contributed by atoms with E-state index in [9.17, 15) is 33.0 Å². The Hall–Kier alpha value is -2.42. The van der Waals surface area contributed by atoms with Crippen LogP contribution in [0.1, 0.15) is 6.92 Å². The molecule has 1 aliphatic heterocycles. The predicted molar refractivity (Wildman–Crippen MR) is 103 cm³/mol. The molecule has 0 radical (unpaired) electrons. The Labute approximate surface area is 202 Å². The number of nitro benzene ring substituents is 1. The van der Waals surface area contributed by atoms with E-state index in [-0.39, 0.29) is 35.3 Å². The summed E-state index contributed by atoms with van der Waals surface area (Å²) in [6.07, 6.45) is 0. The minimum absolute atomic E-state index is 0. The maximum Gasteiger partial charge on any atom is 1.00 e. The Morgan fingerprint density at radius 2 is 1.97 bits per heavy atom. The number of amides is 1. The number of carbonyl (C=O) groups is 1. The third kappa shape index (κ3) is 5.26. The number of aromatic hydroxyl groups is 1. The average molecular weight is 476 g/mol. The Balaban J connectivity index is 0.00000341. The molecule has 12 nitrogen and oxygen atoms in total. The summed E-state index contributed by atoms with van der Waals surface area (Å²) < 4.78 is 33.8. The molecule has 2 aromatic rings. The van der Waals surface area contributed by atoms with E-state index >= 15 is 0 Å². The number of phenolic OH excluding ortho intramolecular Hbond substituents is 1. The fraction of sp³-hybridized carbons (Fsp3) is 0.125. The van der Waals surface area contributed by atoms with E-state index in [1.807, 2.05) is 0 Å². The minimum atomic E-state index is -5.24. The minimum Gasteiger partial charge on any atom is -0.744 e. The second kappa shape index (κ2) is 9.38. The van der Waals surface area contributed by atoms with Gasteiger partial charge in [0.2, 0.25) is 0 Å². The number of hydrogen-bond donors (Lipinski definition) is 1. The summed E-state index contributed by atoms with van der Waals surface area (Å²) in [7, 11) is -5.24. The van der Waals surface area contributed by atoms with E-state index in [2.05, 4.69) is 15.3 Å². The zero-order valence-electron chi connectivity index (χ0n) is 16.0. The number of benzene rings is 2. The van der Waals surface area contributed by atoms with E-state index in [0.717, 1.165) is 5.01 Å². The molecule has 1 amide bonds. The van der Waals surface area contributed by atoms with E-state index in [1.54, 1.807) is 18.2 Å². The molecule has 1 atom stereocenters. The molecule has 0 saturated carbocycles. The maximum absolute atomic E-state index is 12.6. The molecule has 1 N–H and O–H groups in total. The second-order valence-corrected chi connectivity index (χ2v) is 7.80. The SMILES string of the molecule is CC1=NN(c2cccc(Cl)c2)C(=O)C1N=Nc1cc([N+](=O)[O-])cc(S(=O)(=O)[O-])c1O.[Na+]. The van der Waals surface area contributed by atoms with Crippen LogP contribution in [0.15, 0.2) is 56.6 Å². The van der Waals surface area contributed by atoms with Gasteiger partial charge in [0, 0.05) is 17.2 Å². The molecule has 2 aromatic carbocycles. The summed E-state index contributed by atoms with van der Waals surface area (Å²) in [5.74, 6) is -1.74. The number of carbonyl (C=O) groups excluding carboxylic acids is 1. The number of anilines is 1. The van der Waals surface area contributed by atoms with Crippen molar-refractivity contribution in [1.29, 1.82) is 0 Å². The monoisotopic (exact) mass is 475 g/mol. The molecular formula is C16H11ClN5NaO7S. The topological polar surface area (TPSA) is 178 Å². The Bertz CT molecular complexity index is 1230. The summed E-state index contributed by atoms with van der Waals surface area (Å²) in [6, 6.07) is 6.17. The molecule has 0 bridgehead atoms. The van der Waals surface area contributed by atoms with Crippen molar-refractivity contribution >= 4 is 50.4 Å². The third-order valence-corrected chi connectivity index (χ3v) is 5.03. The van der Waals surface area contributed by atoms with Crippen molar-refractivity contribution in [3.05, 3.63) is 51.5 Å². The fourth-order valence-electron chi connectivity index (χ4n) is 2.55. The summed E-state index contributed by atoms with van der Waals surface area (Å²) in [6.45, 7) is 1.48. The molecule has 1 heterocycles. The van der Waals surface area contributed by atoms with E-state index in [1.165, 1.54) is 13.0 Å². The first kappa shape index (κ1) is 24.8. The fourth-order valence-corrected chi connectivity index (χ4v) is 3.34. The standard InChI is InChI=1S/C16H12ClN5O7S.Na/c1-8-14(16(24)21(20-8)10-4-2-3-9(17)5-10)19-18-12-6-11(22(25)26)7-13(15(12)23)30(27,28)29;/h2-7,14,23H,1H3,(H,27,28,29);/q;+1/p-1. The smallest absolute Gasteiger partial charge is 0.744 e. The molecule has 31 heavy (non-hydrogen) atoms. The molecule has 3 rings (SSSR count). The van der Waals surface area contributed by atoms with Crippen molar-refractivity contribution in [3.8, 4) is 5.75 Å². The number of azo groups is 1. The van der Waals surface area contributed by atoms with Gasteiger partial charge in [-0.2, -0.15) is 20.3 Å². The number of halogens is 1. The van der Waals surface area contributed by atoms with Gasteiger partial charge in [-0.25, -0.2) is 8.42 Å². The number of hydrazone groups is 1. The number of rotatable bonds is 5. The van der Waals surface area contributed by atoms with Crippen LogP contribution in [-0.2, 0) is 14.9 Å². The number of phenols is 1. The predicted octanol–water partition coefficient (Wildman–Crippen LogP) is -0.263. The number of non-ortho nitro benzene ring substituents is 1. The Morgan fingerprint density at radius 1 is 1.29 bits per heavy atom. The van der Waals surface area contributed by atoms with Crippen LogP contribution in [0.5, 0.6) is 5.75 Å². The van der Waals surface area contributed by atoms with Gasteiger partial charge in [-0.1, -0.05) is 17.7 Å². The second-order valence-electron chi connectivity index (χ2n) is 6.01. The summed E-state index contributed by atoms with van der Waals surface area (Å²) in [5.41, 5.74) is -0.895. The van der Waals surface area contributed by atoms with Crippen molar-refractivity contribution in [3.63, 3.8) is 0 Å². The van der Waals surface area contributed by atoms with E-state index in [4.69, 9.17) is 11.6 Å². The van der Waals surface area contributed by atoms with Gasteiger partial charge in [-0.05, 0) is 25.1 Å². The first-order valence-electron chi connectivity index (χ1n) is 8.02. The summed E-state index contributed by atoms with van der Waals surface area (Å²) in [4.78, 5) is 21.4. The van der Waals surface area contributed by atoms with Crippen LogP contribution in [0.3, 0.4) is 0 Å². The van der Waals surface area contributed by atoms with Crippen LogP contribution in [0.25, 0.3) is 0 Å². The summed E-state index contributed by atoms with van der Waals surface area (Å²) in [5, 5.41) is 33.8. The third-order valence-electron chi connectivity index (χ3n) is 3.95. The van der Waals surface area contributed by atoms with E-state index in [0.29, 0.717) is 22.8 Å². The number of nitrogens with zero attached hydrogens (tertiary/aromatic N) is 5. The van der Waals surface area contributed by atoms with E-state index < -0.39 is 49.0 Å². The largest absolute Gasteiger partial charge is 1.00 e. The molecular weight excluding hydrogens is 465 g/mol. The molecule has 1 aliphatic rings. The average Bonchev–Trinajstić information content (AvgIpc) is 2.93. The van der Waals surface area contributed by atoms with Crippen molar-refractivity contribution < 1.29 is 57.4 Å². The summed E-state index contributed by atoms with van der Waals surface area (Å²) >= 11 is 5.91. The van der Waals surface area contributed by atoms with Gasteiger partial charge in [0.15, 0.2) is 11.8 Å². The molecule has 0 fully saturated rings. The van der Waals surface area contributed by atoms with Gasteiger partial charge in [-0.3, -0.25) is 14.9 Å².